The number of nitrogens with zero attached hydrogens (tertiary/aromatic N) is 3. The van der Waals surface area contributed by atoms with Crippen LogP contribution in [0.3, 0.4) is 0 Å². The summed E-state index contributed by atoms with van der Waals surface area (Å²) in [7, 11) is -1.64. The number of fused-ring (bicyclic) bond motifs is 1. The zero-order valence-electron chi connectivity index (χ0n) is 20.1. The fraction of sp³-hybridized carbons (Fsp3) is 0.346. The number of halogens is 1. The van der Waals surface area contributed by atoms with Crippen molar-refractivity contribution in [3.8, 4) is 11.3 Å². The Labute approximate surface area is 204 Å². The monoisotopic (exact) mass is 494 g/mol. The molecule has 35 heavy (non-hydrogen) atoms. The maximum absolute atomic E-state index is 14.6. The van der Waals surface area contributed by atoms with Gasteiger partial charge in [0.25, 0.3) is 5.91 Å². The number of carbonyl (C=O) groups is 1. The van der Waals surface area contributed by atoms with E-state index in [-0.39, 0.29) is 16.9 Å². The minimum absolute atomic E-state index is 0.00515. The van der Waals surface area contributed by atoms with Crippen molar-refractivity contribution in [1.82, 2.24) is 14.9 Å². The van der Waals surface area contributed by atoms with Gasteiger partial charge in [0, 0.05) is 53.8 Å². The Bertz CT molecular complexity index is 1470. The summed E-state index contributed by atoms with van der Waals surface area (Å²) in [5.41, 5.74) is 3.67. The van der Waals surface area contributed by atoms with Crippen molar-refractivity contribution in [3.63, 3.8) is 0 Å². The maximum Gasteiger partial charge on any atom is 0.253 e. The van der Waals surface area contributed by atoms with E-state index < -0.39 is 20.4 Å². The number of benzene rings is 2. The largest absolute Gasteiger partial charge is 0.341 e. The highest BCUT2D eigenvalue weighted by molar-refractivity contribution is 7.92. The first-order valence-corrected chi connectivity index (χ1v) is 13.3. The van der Waals surface area contributed by atoms with E-state index in [0.29, 0.717) is 42.3 Å². The molecule has 0 atom stereocenters. The SMILES string of the molecule is CN1CC(C)(C)c2cc(-c3ccnc(Nc4ccc(F)c(C5(S(C)(=O)=O)CC5)c4)n3)ccc2C1=O. The Morgan fingerprint density at radius 1 is 1.06 bits per heavy atom. The van der Waals surface area contributed by atoms with Gasteiger partial charge in [-0.05, 0) is 54.8 Å². The second-order valence-corrected chi connectivity index (χ2v) is 12.5. The molecule has 182 valence electrons. The number of hydrogen-bond donors (Lipinski definition) is 1. The van der Waals surface area contributed by atoms with E-state index in [9.17, 15) is 17.6 Å². The second kappa shape index (κ2) is 7.84. The number of likely N-dealkylation sites (N-methyl/N-ethyl adjacent to an activating group) is 1. The van der Waals surface area contributed by atoms with Crippen molar-refractivity contribution >= 4 is 27.4 Å². The zero-order valence-corrected chi connectivity index (χ0v) is 20.9. The van der Waals surface area contributed by atoms with Gasteiger partial charge in [-0.25, -0.2) is 22.8 Å². The molecule has 7 nitrogen and oxygen atoms in total. The van der Waals surface area contributed by atoms with Gasteiger partial charge in [-0.3, -0.25) is 4.79 Å². The quantitative estimate of drug-likeness (QED) is 0.564. The van der Waals surface area contributed by atoms with Crippen LogP contribution in [0.15, 0.2) is 48.7 Å². The fourth-order valence-electron chi connectivity index (χ4n) is 5.02. The minimum Gasteiger partial charge on any atom is -0.341 e. The molecule has 9 heteroatoms. The fourth-order valence-corrected chi connectivity index (χ4v) is 6.42. The predicted octanol–water partition coefficient (Wildman–Crippen LogP) is 4.42. The van der Waals surface area contributed by atoms with E-state index in [1.54, 1.807) is 17.2 Å². The Morgan fingerprint density at radius 3 is 2.49 bits per heavy atom. The third kappa shape index (κ3) is 3.97. The van der Waals surface area contributed by atoms with Gasteiger partial charge in [-0.2, -0.15) is 0 Å². The highest BCUT2D eigenvalue weighted by Gasteiger charge is 2.55. The standard InChI is InChI=1S/C26H27FN4O3S/c1-25(2)15-31(3)23(32)18-7-5-16(13-19(18)25)22-9-12-28-24(30-22)29-17-6-8-21(27)20(14-17)26(10-11-26)35(4,33)34/h5-9,12-14H,10-11,15H2,1-4H3,(H,28,29,30). The maximum atomic E-state index is 14.6. The molecule has 1 N–H and O–H groups in total. The molecule has 1 saturated carbocycles. The molecule has 1 amide bonds. The summed E-state index contributed by atoms with van der Waals surface area (Å²) in [5.74, 6) is -0.229. The Balaban J connectivity index is 1.47. The first kappa shape index (κ1) is 23.4. The van der Waals surface area contributed by atoms with E-state index >= 15 is 0 Å². The van der Waals surface area contributed by atoms with E-state index in [2.05, 4.69) is 29.1 Å². The number of hydrogen-bond acceptors (Lipinski definition) is 6. The summed E-state index contributed by atoms with van der Waals surface area (Å²) in [5, 5.41) is 3.08. The van der Waals surface area contributed by atoms with Crippen molar-refractivity contribution in [2.75, 3.05) is 25.2 Å². The average molecular weight is 495 g/mol. The molecular weight excluding hydrogens is 467 g/mol. The lowest BCUT2D eigenvalue weighted by atomic mass is 9.77. The Morgan fingerprint density at radius 2 is 1.80 bits per heavy atom. The highest BCUT2D eigenvalue weighted by atomic mass is 32.2. The molecule has 2 heterocycles. The van der Waals surface area contributed by atoms with Gasteiger partial charge in [-0.15, -0.1) is 0 Å². The molecule has 3 aromatic rings. The predicted molar refractivity (Wildman–Crippen MR) is 133 cm³/mol. The normalized spacial score (nSPS) is 18.2. The van der Waals surface area contributed by atoms with Crippen LogP contribution in [-0.4, -0.2) is 49.0 Å². The molecule has 2 aliphatic rings. The van der Waals surface area contributed by atoms with Crippen molar-refractivity contribution in [3.05, 3.63) is 71.2 Å². The molecule has 0 saturated heterocycles. The summed E-state index contributed by atoms with van der Waals surface area (Å²) in [4.78, 5) is 23.3. The second-order valence-electron chi connectivity index (χ2n) is 10.2. The van der Waals surface area contributed by atoms with Crippen LogP contribution in [0, 0.1) is 5.82 Å². The van der Waals surface area contributed by atoms with Gasteiger partial charge in [-0.1, -0.05) is 19.9 Å². The number of carbonyl (C=O) groups excluding carboxylic acids is 1. The van der Waals surface area contributed by atoms with Crippen LogP contribution in [0.25, 0.3) is 11.3 Å². The smallest absolute Gasteiger partial charge is 0.253 e. The molecule has 1 aromatic heterocycles. The lowest BCUT2D eigenvalue weighted by Gasteiger charge is -2.37. The first-order chi connectivity index (χ1) is 16.4. The van der Waals surface area contributed by atoms with E-state index in [0.717, 1.165) is 17.4 Å². The van der Waals surface area contributed by atoms with Crippen molar-refractivity contribution < 1.29 is 17.6 Å². The third-order valence-electron chi connectivity index (χ3n) is 7.04. The van der Waals surface area contributed by atoms with E-state index in [4.69, 9.17) is 0 Å². The topological polar surface area (TPSA) is 92.3 Å². The molecule has 1 aliphatic carbocycles. The number of aromatic nitrogens is 2. The van der Waals surface area contributed by atoms with Crippen LogP contribution in [0.5, 0.6) is 0 Å². The highest BCUT2D eigenvalue weighted by Crippen LogP contribution is 2.53. The summed E-state index contributed by atoms with van der Waals surface area (Å²) in [6.45, 7) is 4.85. The van der Waals surface area contributed by atoms with E-state index in [1.807, 2.05) is 25.2 Å². The molecule has 0 unspecified atom stereocenters. The first-order valence-electron chi connectivity index (χ1n) is 11.4. The third-order valence-corrected chi connectivity index (χ3v) is 9.08. The molecular formula is C26H27FN4O3S. The molecule has 1 fully saturated rings. The van der Waals surface area contributed by atoms with Gasteiger partial charge >= 0.3 is 0 Å². The summed E-state index contributed by atoms with van der Waals surface area (Å²) >= 11 is 0. The molecule has 0 bridgehead atoms. The van der Waals surface area contributed by atoms with Crippen LogP contribution < -0.4 is 5.32 Å². The Kier molecular flexibility index (Phi) is 5.25. The molecule has 0 spiro atoms. The van der Waals surface area contributed by atoms with E-state index in [1.165, 1.54) is 18.2 Å². The van der Waals surface area contributed by atoms with Gasteiger partial charge in [0.05, 0.1) is 10.4 Å². The van der Waals surface area contributed by atoms with Gasteiger partial charge in [0.15, 0.2) is 9.84 Å². The molecule has 2 aromatic carbocycles. The van der Waals surface area contributed by atoms with Crippen molar-refractivity contribution in [1.29, 1.82) is 0 Å². The number of nitrogens with one attached hydrogen (secondary N) is 1. The van der Waals surface area contributed by atoms with Gasteiger partial charge in [0.2, 0.25) is 5.95 Å². The summed E-state index contributed by atoms with van der Waals surface area (Å²) in [6.07, 6.45) is 3.59. The average Bonchev–Trinajstić information content (AvgIpc) is 3.61. The number of amides is 1. The van der Waals surface area contributed by atoms with Crippen LogP contribution >= 0.6 is 0 Å². The Hall–Kier alpha value is -3.33. The van der Waals surface area contributed by atoms with Gasteiger partial charge < -0.3 is 10.2 Å². The number of rotatable bonds is 5. The molecule has 5 rings (SSSR count). The summed E-state index contributed by atoms with van der Waals surface area (Å²) in [6, 6.07) is 11.8. The number of anilines is 2. The summed E-state index contributed by atoms with van der Waals surface area (Å²) < 4.78 is 38.0. The molecule has 1 aliphatic heterocycles. The minimum atomic E-state index is -3.45. The number of sulfone groups is 1. The molecule has 0 radical (unpaired) electrons. The lowest BCUT2D eigenvalue weighted by molar-refractivity contribution is 0.0737. The lowest BCUT2D eigenvalue weighted by Crippen LogP contribution is -2.44. The van der Waals surface area contributed by atoms with Crippen LogP contribution in [0.4, 0.5) is 16.0 Å². The van der Waals surface area contributed by atoms with Crippen LogP contribution in [-0.2, 0) is 20.0 Å². The van der Waals surface area contributed by atoms with Gasteiger partial charge in [0.1, 0.15) is 5.82 Å². The van der Waals surface area contributed by atoms with Crippen molar-refractivity contribution in [2.24, 2.45) is 0 Å². The van der Waals surface area contributed by atoms with Crippen molar-refractivity contribution in [2.45, 2.75) is 36.9 Å². The van der Waals surface area contributed by atoms with Crippen LogP contribution in [0.2, 0.25) is 0 Å². The zero-order chi connectivity index (χ0) is 25.2. The van der Waals surface area contributed by atoms with Crippen LogP contribution in [0.1, 0.15) is 48.2 Å².